The van der Waals surface area contributed by atoms with Crippen molar-refractivity contribution in [2.75, 3.05) is 6.61 Å². The van der Waals surface area contributed by atoms with E-state index in [4.69, 9.17) is 10.4 Å². The fraction of sp³-hybridized carbons (Fsp3) is 0.500. The van der Waals surface area contributed by atoms with Gasteiger partial charge >= 0.3 is 0 Å². The predicted octanol–water partition coefficient (Wildman–Crippen LogP) is 1.48. The minimum atomic E-state index is 0.155. The van der Waals surface area contributed by atoms with Crippen molar-refractivity contribution in [3.8, 4) is 6.07 Å². The summed E-state index contributed by atoms with van der Waals surface area (Å²) in [7, 11) is 0. The Bertz CT molecular complexity index is 312. The summed E-state index contributed by atoms with van der Waals surface area (Å²) in [6.07, 6.45) is 0.910. The van der Waals surface area contributed by atoms with E-state index in [1.807, 2.05) is 19.1 Å². The van der Waals surface area contributed by atoms with Crippen molar-refractivity contribution in [3.05, 3.63) is 21.9 Å². The third kappa shape index (κ3) is 3.11. The average Bonchev–Trinajstić information content (AvgIpc) is 2.67. The van der Waals surface area contributed by atoms with Gasteiger partial charge in [0.2, 0.25) is 0 Å². The number of hydrogen-bond donors (Lipinski definition) is 2. The molecule has 1 aromatic heterocycles. The summed E-state index contributed by atoms with van der Waals surface area (Å²) in [4.78, 5) is 1.87. The highest BCUT2D eigenvalue weighted by Gasteiger charge is 2.04. The van der Waals surface area contributed by atoms with Gasteiger partial charge in [0.05, 0.1) is 6.61 Å². The highest BCUT2D eigenvalue weighted by molar-refractivity contribution is 7.12. The first kappa shape index (κ1) is 11.2. The lowest BCUT2D eigenvalue weighted by atomic mass is 10.2. The summed E-state index contributed by atoms with van der Waals surface area (Å²) < 4.78 is 0. The summed E-state index contributed by atoms with van der Waals surface area (Å²) in [6.45, 7) is 2.92. The van der Waals surface area contributed by atoms with E-state index in [1.54, 1.807) is 0 Å². The van der Waals surface area contributed by atoms with Crippen LogP contribution in [0.4, 0.5) is 0 Å². The fourth-order valence-electron chi connectivity index (χ4n) is 1.12. The van der Waals surface area contributed by atoms with E-state index in [-0.39, 0.29) is 12.6 Å². The van der Waals surface area contributed by atoms with Gasteiger partial charge in [-0.05, 0) is 18.6 Å². The minimum absolute atomic E-state index is 0.155. The number of rotatable bonds is 5. The zero-order valence-electron chi connectivity index (χ0n) is 8.16. The lowest BCUT2D eigenvalue weighted by Crippen LogP contribution is -2.30. The van der Waals surface area contributed by atoms with E-state index in [1.165, 1.54) is 11.3 Å². The molecule has 0 saturated heterocycles. The molecule has 0 saturated carbocycles. The molecule has 0 bridgehead atoms. The summed E-state index contributed by atoms with van der Waals surface area (Å²) in [5, 5.41) is 20.8. The Morgan fingerprint density at radius 2 is 2.43 bits per heavy atom. The van der Waals surface area contributed by atoms with Gasteiger partial charge in [-0.25, -0.2) is 0 Å². The Hall–Kier alpha value is -0.890. The van der Waals surface area contributed by atoms with Gasteiger partial charge in [-0.15, -0.1) is 11.3 Å². The van der Waals surface area contributed by atoms with Crippen LogP contribution in [0.15, 0.2) is 12.1 Å². The summed E-state index contributed by atoms with van der Waals surface area (Å²) in [5.41, 5.74) is 0. The minimum Gasteiger partial charge on any atom is -0.395 e. The second kappa shape index (κ2) is 5.76. The van der Waals surface area contributed by atoms with Gasteiger partial charge in [-0.2, -0.15) is 5.26 Å². The molecule has 1 aromatic rings. The van der Waals surface area contributed by atoms with Crippen LogP contribution in [-0.2, 0) is 6.54 Å². The van der Waals surface area contributed by atoms with E-state index < -0.39 is 0 Å². The van der Waals surface area contributed by atoms with Crippen LogP contribution in [-0.4, -0.2) is 17.8 Å². The van der Waals surface area contributed by atoms with Gasteiger partial charge in [-0.3, -0.25) is 0 Å². The van der Waals surface area contributed by atoms with E-state index in [0.29, 0.717) is 0 Å². The third-order valence-corrected chi connectivity index (χ3v) is 3.04. The maximum Gasteiger partial charge on any atom is 0.110 e. The molecule has 0 aliphatic rings. The van der Waals surface area contributed by atoms with Gasteiger partial charge in [0, 0.05) is 17.5 Å². The summed E-state index contributed by atoms with van der Waals surface area (Å²) in [5.74, 6) is 0. The molecular formula is C10H14N2OS. The molecule has 0 aliphatic heterocycles. The number of nitrogens with zero attached hydrogens (tertiary/aromatic N) is 1. The molecule has 1 heterocycles. The highest BCUT2D eigenvalue weighted by atomic mass is 32.1. The lowest BCUT2D eigenvalue weighted by molar-refractivity contribution is 0.238. The number of nitrogens with one attached hydrogen (secondary N) is 1. The standard InChI is InChI=1S/C10H14N2OS/c1-2-8(7-13)12-6-10-4-3-9(5-11)14-10/h3-4,8,12-13H,2,6-7H2,1H3/t8-/m1/s1. The molecular weight excluding hydrogens is 196 g/mol. The van der Waals surface area contributed by atoms with Gasteiger partial charge < -0.3 is 10.4 Å². The first-order valence-corrected chi connectivity index (χ1v) is 5.44. The van der Waals surface area contributed by atoms with E-state index in [9.17, 15) is 0 Å². The zero-order valence-corrected chi connectivity index (χ0v) is 8.97. The molecule has 0 radical (unpaired) electrons. The van der Waals surface area contributed by atoms with Crippen LogP contribution in [0.2, 0.25) is 0 Å². The van der Waals surface area contributed by atoms with Gasteiger partial charge in [0.25, 0.3) is 0 Å². The topological polar surface area (TPSA) is 56.0 Å². The van der Waals surface area contributed by atoms with Gasteiger partial charge in [-0.1, -0.05) is 6.92 Å². The Kier molecular flexibility index (Phi) is 4.60. The predicted molar refractivity (Wildman–Crippen MR) is 57.0 cm³/mol. The van der Waals surface area contributed by atoms with E-state index >= 15 is 0 Å². The maximum absolute atomic E-state index is 8.94. The molecule has 4 heteroatoms. The highest BCUT2D eigenvalue weighted by Crippen LogP contribution is 2.14. The molecule has 1 rings (SSSR count). The molecule has 14 heavy (non-hydrogen) atoms. The van der Waals surface area contributed by atoms with Crippen molar-refractivity contribution >= 4 is 11.3 Å². The van der Waals surface area contributed by atoms with Crippen molar-refractivity contribution in [3.63, 3.8) is 0 Å². The second-order valence-corrected chi connectivity index (χ2v) is 4.21. The van der Waals surface area contributed by atoms with Gasteiger partial charge in [0.1, 0.15) is 10.9 Å². The van der Waals surface area contributed by atoms with Crippen LogP contribution in [0, 0.1) is 11.3 Å². The van der Waals surface area contributed by atoms with Crippen molar-refractivity contribution in [2.45, 2.75) is 25.9 Å². The SMILES string of the molecule is CC[C@H](CO)NCc1ccc(C#N)s1. The van der Waals surface area contributed by atoms with Crippen LogP contribution in [0.5, 0.6) is 0 Å². The van der Waals surface area contributed by atoms with E-state index in [2.05, 4.69) is 11.4 Å². The normalized spacial score (nSPS) is 12.4. The third-order valence-electron chi connectivity index (χ3n) is 2.05. The Labute approximate surface area is 88.0 Å². The quantitative estimate of drug-likeness (QED) is 0.774. The molecule has 0 amide bonds. The smallest absolute Gasteiger partial charge is 0.110 e. The first-order valence-electron chi connectivity index (χ1n) is 4.63. The molecule has 76 valence electrons. The molecule has 0 aromatic carbocycles. The fourth-order valence-corrected chi connectivity index (χ4v) is 1.87. The van der Waals surface area contributed by atoms with Crippen molar-refractivity contribution in [2.24, 2.45) is 0 Å². The van der Waals surface area contributed by atoms with Crippen LogP contribution < -0.4 is 5.32 Å². The summed E-state index contributed by atoms with van der Waals surface area (Å²) >= 11 is 1.49. The largest absolute Gasteiger partial charge is 0.395 e. The molecule has 1 atom stereocenters. The van der Waals surface area contributed by atoms with E-state index in [0.717, 1.165) is 22.7 Å². The number of thiophene rings is 1. The number of nitriles is 1. The number of aliphatic hydroxyl groups is 1. The lowest BCUT2D eigenvalue weighted by Gasteiger charge is -2.12. The zero-order chi connectivity index (χ0) is 10.4. The van der Waals surface area contributed by atoms with Crippen molar-refractivity contribution in [1.82, 2.24) is 5.32 Å². The second-order valence-electron chi connectivity index (χ2n) is 3.05. The van der Waals surface area contributed by atoms with Crippen LogP contribution >= 0.6 is 11.3 Å². The Balaban J connectivity index is 2.41. The number of hydrogen-bond acceptors (Lipinski definition) is 4. The molecule has 0 fully saturated rings. The van der Waals surface area contributed by atoms with Crippen molar-refractivity contribution in [1.29, 1.82) is 5.26 Å². The Morgan fingerprint density at radius 1 is 1.64 bits per heavy atom. The first-order chi connectivity index (χ1) is 6.80. The summed E-state index contributed by atoms with van der Waals surface area (Å²) in [6, 6.07) is 6.03. The average molecular weight is 210 g/mol. The molecule has 3 nitrogen and oxygen atoms in total. The van der Waals surface area contributed by atoms with Crippen LogP contribution in [0.1, 0.15) is 23.1 Å². The Morgan fingerprint density at radius 3 is 2.93 bits per heavy atom. The molecule has 2 N–H and O–H groups in total. The van der Waals surface area contributed by atoms with Crippen LogP contribution in [0.3, 0.4) is 0 Å². The van der Waals surface area contributed by atoms with Crippen molar-refractivity contribution < 1.29 is 5.11 Å². The van der Waals surface area contributed by atoms with Crippen LogP contribution in [0.25, 0.3) is 0 Å². The maximum atomic E-state index is 8.94. The monoisotopic (exact) mass is 210 g/mol. The molecule has 0 spiro atoms. The molecule has 0 unspecified atom stereocenters. The number of aliphatic hydroxyl groups excluding tert-OH is 1. The van der Waals surface area contributed by atoms with Gasteiger partial charge in [0.15, 0.2) is 0 Å². The molecule has 0 aliphatic carbocycles.